The van der Waals surface area contributed by atoms with E-state index in [9.17, 15) is 9.59 Å². The Bertz CT molecular complexity index is 406. The van der Waals surface area contributed by atoms with E-state index >= 15 is 0 Å². The minimum atomic E-state index is -0.0458. The highest BCUT2D eigenvalue weighted by Gasteiger charge is 2.18. The lowest BCUT2D eigenvalue weighted by Crippen LogP contribution is -2.22. The van der Waals surface area contributed by atoms with Gasteiger partial charge in [0.2, 0.25) is 0 Å². The monoisotopic (exact) mass is 207 g/mol. The Morgan fingerprint density at radius 3 is 3.14 bits per heavy atom. The fourth-order valence-electron chi connectivity index (χ4n) is 1.50. The largest absolute Gasteiger partial charge is 0.352 e. The average Bonchev–Trinajstić information content (AvgIpc) is 2.60. The molecule has 0 aliphatic carbocycles. The summed E-state index contributed by atoms with van der Waals surface area (Å²) in [5.74, 6) is -0.0458. The lowest BCUT2D eigenvalue weighted by atomic mass is 10.1. The third kappa shape index (κ3) is 1.48. The van der Waals surface area contributed by atoms with Gasteiger partial charge in [0.1, 0.15) is 6.29 Å². The van der Waals surface area contributed by atoms with Crippen molar-refractivity contribution in [2.24, 2.45) is 0 Å². The van der Waals surface area contributed by atoms with Crippen LogP contribution >= 0.6 is 11.3 Å². The van der Waals surface area contributed by atoms with E-state index < -0.39 is 0 Å². The molecule has 1 aromatic rings. The van der Waals surface area contributed by atoms with Crippen LogP contribution < -0.4 is 5.32 Å². The standard InChI is InChI=1S/C10H9NO2S/c12-5-2-7-1-4-11-10(13)8-3-6-14-9(7)8/h2-3,5-6H,1,4H2,(H,11,13)/b7-2+. The van der Waals surface area contributed by atoms with E-state index in [-0.39, 0.29) is 5.91 Å². The number of fused-ring (bicyclic) bond motifs is 1. The Labute approximate surface area is 85.4 Å². The second kappa shape index (κ2) is 3.75. The van der Waals surface area contributed by atoms with Crippen LogP contribution in [-0.2, 0) is 4.79 Å². The lowest BCUT2D eigenvalue weighted by Gasteiger charge is -1.98. The van der Waals surface area contributed by atoms with Gasteiger partial charge in [-0.25, -0.2) is 0 Å². The summed E-state index contributed by atoms with van der Waals surface area (Å²) in [5, 5.41) is 4.66. The third-order valence-electron chi connectivity index (χ3n) is 2.15. The number of rotatable bonds is 1. The smallest absolute Gasteiger partial charge is 0.252 e. The molecule has 14 heavy (non-hydrogen) atoms. The molecule has 0 aromatic carbocycles. The zero-order chi connectivity index (χ0) is 9.97. The molecule has 0 fully saturated rings. The maximum atomic E-state index is 11.5. The van der Waals surface area contributed by atoms with Crippen LogP contribution in [0.1, 0.15) is 21.7 Å². The van der Waals surface area contributed by atoms with Gasteiger partial charge in [-0.2, -0.15) is 0 Å². The molecule has 0 saturated carbocycles. The quantitative estimate of drug-likeness (QED) is 0.560. The second-order valence-corrected chi connectivity index (χ2v) is 3.91. The number of thiophene rings is 1. The number of hydrogen-bond acceptors (Lipinski definition) is 3. The number of hydrogen-bond donors (Lipinski definition) is 1. The number of allylic oxidation sites excluding steroid dienone is 1. The topological polar surface area (TPSA) is 46.2 Å². The van der Waals surface area contributed by atoms with Crippen molar-refractivity contribution in [3.05, 3.63) is 28.0 Å². The van der Waals surface area contributed by atoms with E-state index in [0.29, 0.717) is 12.1 Å². The summed E-state index contributed by atoms with van der Waals surface area (Å²) in [6, 6.07) is 1.79. The van der Waals surface area contributed by atoms with E-state index in [4.69, 9.17) is 0 Å². The maximum absolute atomic E-state index is 11.5. The van der Waals surface area contributed by atoms with Crippen molar-refractivity contribution in [2.75, 3.05) is 6.54 Å². The molecule has 1 aliphatic heterocycles. The lowest BCUT2D eigenvalue weighted by molar-refractivity contribution is -0.104. The van der Waals surface area contributed by atoms with Crippen molar-refractivity contribution in [1.29, 1.82) is 0 Å². The normalized spacial score (nSPS) is 18.6. The van der Waals surface area contributed by atoms with Gasteiger partial charge in [-0.1, -0.05) is 0 Å². The summed E-state index contributed by atoms with van der Waals surface area (Å²) in [5.41, 5.74) is 1.63. The van der Waals surface area contributed by atoms with Crippen molar-refractivity contribution in [2.45, 2.75) is 6.42 Å². The van der Waals surface area contributed by atoms with Crippen LogP contribution in [0, 0.1) is 0 Å². The summed E-state index contributed by atoms with van der Waals surface area (Å²) in [4.78, 5) is 22.8. The highest BCUT2D eigenvalue weighted by atomic mass is 32.1. The minimum Gasteiger partial charge on any atom is -0.352 e. The number of carbonyl (C=O) groups is 2. The van der Waals surface area contributed by atoms with Gasteiger partial charge in [0.15, 0.2) is 0 Å². The maximum Gasteiger partial charge on any atom is 0.252 e. The van der Waals surface area contributed by atoms with Crippen LogP contribution in [0.3, 0.4) is 0 Å². The first-order chi connectivity index (χ1) is 6.83. The van der Waals surface area contributed by atoms with E-state index in [0.717, 1.165) is 23.2 Å². The number of nitrogens with one attached hydrogen (secondary N) is 1. The van der Waals surface area contributed by atoms with E-state index in [1.54, 1.807) is 6.07 Å². The van der Waals surface area contributed by atoms with Crippen LogP contribution in [0.4, 0.5) is 0 Å². The molecule has 0 atom stereocenters. The third-order valence-corrected chi connectivity index (χ3v) is 3.14. The molecular formula is C10H9NO2S. The Balaban J connectivity index is 2.51. The van der Waals surface area contributed by atoms with Gasteiger partial charge in [0.25, 0.3) is 5.91 Å². The van der Waals surface area contributed by atoms with Crippen LogP contribution in [0.5, 0.6) is 0 Å². The van der Waals surface area contributed by atoms with Crippen molar-refractivity contribution in [3.63, 3.8) is 0 Å². The number of carbonyl (C=O) groups excluding carboxylic acids is 2. The molecule has 0 spiro atoms. The molecule has 0 unspecified atom stereocenters. The molecule has 2 rings (SSSR count). The molecule has 4 heteroatoms. The van der Waals surface area contributed by atoms with Gasteiger partial charge >= 0.3 is 0 Å². The highest BCUT2D eigenvalue weighted by Crippen LogP contribution is 2.29. The molecule has 1 N–H and O–H groups in total. The summed E-state index contributed by atoms with van der Waals surface area (Å²) in [7, 11) is 0. The van der Waals surface area contributed by atoms with Crippen molar-refractivity contribution in [3.8, 4) is 0 Å². The first-order valence-corrected chi connectivity index (χ1v) is 5.21. The highest BCUT2D eigenvalue weighted by molar-refractivity contribution is 7.11. The molecule has 1 amide bonds. The van der Waals surface area contributed by atoms with Gasteiger partial charge in [0, 0.05) is 11.4 Å². The summed E-state index contributed by atoms with van der Waals surface area (Å²) in [6.07, 6.45) is 3.03. The van der Waals surface area contributed by atoms with Gasteiger partial charge in [-0.3, -0.25) is 9.59 Å². The number of amides is 1. The van der Waals surface area contributed by atoms with Crippen LogP contribution in [0.15, 0.2) is 17.5 Å². The molecule has 3 nitrogen and oxygen atoms in total. The SMILES string of the molecule is O=C/C=C1\CCNC(=O)c2ccsc21. The van der Waals surface area contributed by atoms with Gasteiger partial charge in [0.05, 0.1) is 5.56 Å². The average molecular weight is 207 g/mol. The predicted octanol–water partition coefficient (Wildman–Crippen LogP) is 1.46. The molecule has 0 saturated heterocycles. The van der Waals surface area contributed by atoms with Gasteiger partial charge < -0.3 is 5.32 Å². The van der Waals surface area contributed by atoms with Crippen LogP contribution in [0.2, 0.25) is 0 Å². The Hall–Kier alpha value is -1.42. The molecule has 0 bridgehead atoms. The fraction of sp³-hybridized carbons (Fsp3) is 0.200. The zero-order valence-electron chi connectivity index (χ0n) is 7.45. The fourth-order valence-corrected chi connectivity index (χ4v) is 2.45. The van der Waals surface area contributed by atoms with Crippen molar-refractivity contribution < 1.29 is 9.59 Å². The van der Waals surface area contributed by atoms with E-state index in [2.05, 4.69) is 5.32 Å². The zero-order valence-corrected chi connectivity index (χ0v) is 8.26. The van der Waals surface area contributed by atoms with Crippen molar-refractivity contribution in [1.82, 2.24) is 5.32 Å². The first-order valence-electron chi connectivity index (χ1n) is 4.33. The van der Waals surface area contributed by atoms with E-state index in [1.165, 1.54) is 17.4 Å². The van der Waals surface area contributed by atoms with Gasteiger partial charge in [-0.15, -0.1) is 11.3 Å². The van der Waals surface area contributed by atoms with Crippen molar-refractivity contribution >= 4 is 29.1 Å². The van der Waals surface area contributed by atoms with E-state index in [1.807, 2.05) is 5.38 Å². The second-order valence-electron chi connectivity index (χ2n) is 3.00. The first kappa shape index (κ1) is 9.15. The summed E-state index contributed by atoms with van der Waals surface area (Å²) in [6.45, 7) is 0.597. The van der Waals surface area contributed by atoms with Crippen LogP contribution in [-0.4, -0.2) is 18.7 Å². The predicted molar refractivity (Wildman–Crippen MR) is 55.3 cm³/mol. The van der Waals surface area contributed by atoms with Gasteiger partial charge in [-0.05, 0) is 29.5 Å². The molecule has 0 radical (unpaired) electrons. The summed E-state index contributed by atoms with van der Waals surface area (Å²) < 4.78 is 0. The molecule has 1 aliphatic rings. The molecule has 1 aromatic heterocycles. The molecule has 2 heterocycles. The number of aldehydes is 1. The summed E-state index contributed by atoms with van der Waals surface area (Å²) >= 11 is 1.50. The minimum absolute atomic E-state index is 0.0458. The molecular weight excluding hydrogens is 198 g/mol. The Kier molecular flexibility index (Phi) is 2.45. The Morgan fingerprint density at radius 2 is 2.36 bits per heavy atom. The Morgan fingerprint density at radius 1 is 1.50 bits per heavy atom. The van der Waals surface area contributed by atoms with Crippen LogP contribution in [0.25, 0.3) is 5.57 Å². The molecule has 72 valence electrons.